The standard InChI is InChI=1S/C8H16BO4P/c1-6-3-4-7(9)5-8(6)13-14(10,11)12-2/h3-4,6-8H,5,9H2,1-2H3,(H,10,11). The van der Waals surface area contributed by atoms with E-state index in [0.29, 0.717) is 5.82 Å². The van der Waals surface area contributed by atoms with E-state index in [9.17, 15) is 4.57 Å². The summed E-state index contributed by atoms with van der Waals surface area (Å²) >= 11 is 0. The van der Waals surface area contributed by atoms with Crippen molar-refractivity contribution in [3.05, 3.63) is 12.2 Å². The average molecular weight is 218 g/mol. The zero-order valence-corrected chi connectivity index (χ0v) is 9.61. The van der Waals surface area contributed by atoms with Gasteiger partial charge < -0.3 is 4.89 Å². The van der Waals surface area contributed by atoms with Crippen molar-refractivity contribution in [1.29, 1.82) is 0 Å². The molecule has 0 spiro atoms. The van der Waals surface area contributed by atoms with Gasteiger partial charge in [-0.15, -0.1) is 0 Å². The Bertz CT molecular complexity index is 268. The van der Waals surface area contributed by atoms with Gasteiger partial charge in [0.25, 0.3) is 0 Å². The fourth-order valence-corrected chi connectivity index (χ4v) is 2.21. The fourth-order valence-electron chi connectivity index (χ4n) is 1.50. The maximum atomic E-state index is 11.2. The first-order chi connectivity index (χ1) is 6.44. The van der Waals surface area contributed by atoms with E-state index < -0.39 is 7.82 Å². The van der Waals surface area contributed by atoms with Crippen LogP contribution in [0.3, 0.4) is 0 Å². The van der Waals surface area contributed by atoms with E-state index in [1.165, 1.54) is 7.11 Å². The number of phosphoric ester groups is 1. The van der Waals surface area contributed by atoms with Gasteiger partial charge in [0.05, 0.1) is 6.10 Å². The summed E-state index contributed by atoms with van der Waals surface area (Å²) in [4.78, 5) is 9.17. The molecule has 1 rings (SSSR count). The van der Waals surface area contributed by atoms with Crippen molar-refractivity contribution in [1.82, 2.24) is 0 Å². The van der Waals surface area contributed by atoms with Crippen molar-refractivity contribution < 1.29 is 18.5 Å². The minimum absolute atomic E-state index is 0.154. The van der Waals surface area contributed by atoms with Crippen LogP contribution in [0.2, 0.25) is 5.82 Å². The molecule has 1 N–H and O–H groups in total. The Hall–Kier alpha value is -0.0851. The lowest BCUT2D eigenvalue weighted by Gasteiger charge is -2.28. The Balaban J connectivity index is 2.61. The zero-order valence-electron chi connectivity index (χ0n) is 8.71. The molecule has 80 valence electrons. The van der Waals surface area contributed by atoms with Gasteiger partial charge in [0.2, 0.25) is 0 Å². The van der Waals surface area contributed by atoms with Gasteiger partial charge in [-0.3, -0.25) is 9.05 Å². The quantitative estimate of drug-likeness (QED) is 0.438. The first kappa shape index (κ1) is 12.0. The molecule has 4 nitrogen and oxygen atoms in total. The Morgan fingerprint density at radius 3 is 2.79 bits per heavy atom. The third-order valence-corrected chi connectivity index (χ3v) is 3.43. The van der Waals surface area contributed by atoms with Crippen LogP contribution >= 0.6 is 7.82 Å². The Morgan fingerprint density at radius 1 is 1.57 bits per heavy atom. The summed E-state index contributed by atoms with van der Waals surface area (Å²) in [6, 6.07) is 0. The van der Waals surface area contributed by atoms with Crippen LogP contribution < -0.4 is 0 Å². The van der Waals surface area contributed by atoms with Crippen LogP contribution in [0.4, 0.5) is 0 Å². The molecule has 4 atom stereocenters. The molecule has 0 saturated heterocycles. The van der Waals surface area contributed by atoms with E-state index in [1.807, 2.05) is 20.8 Å². The SMILES string of the molecule is BC1C=CC(C)C(OP(=O)(O)OC)C1. The molecule has 4 unspecified atom stereocenters. The molecule has 0 aromatic heterocycles. The third kappa shape index (κ3) is 3.25. The van der Waals surface area contributed by atoms with Crippen LogP contribution in [0.1, 0.15) is 13.3 Å². The van der Waals surface area contributed by atoms with Crippen molar-refractivity contribution in [2.75, 3.05) is 7.11 Å². The highest BCUT2D eigenvalue weighted by Gasteiger charge is 2.30. The molecule has 0 heterocycles. The van der Waals surface area contributed by atoms with Crippen molar-refractivity contribution in [3.63, 3.8) is 0 Å². The molecule has 0 aromatic carbocycles. The van der Waals surface area contributed by atoms with E-state index in [2.05, 4.69) is 10.6 Å². The number of rotatable bonds is 3. The van der Waals surface area contributed by atoms with Crippen molar-refractivity contribution in [2.24, 2.45) is 5.92 Å². The molecule has 0 bridgehead atoms. The Morgan fingerprint density at radius 2 is 2.21 bits per heavy atom. The normalized spacial score (nSPS) is 36.6. The molecule has 6 heteroatoms. The summed E-state index contributed by atoms with van der Waals surface area (Å²) in [5.74, 6) is 0.537. The van der Waals surface area contributed by atoms with E-state index in [4.69, 9.17) is 9.42 Å². The first-order valence-electron chi connectivity index (χ1n) is 4.70. The van der Waals surface area contributed by atoms with Gasteiger partial charge in [0.15, 0.2) is 0 Å². The predicted octanol–water partition coefficient (Wildman–Crippen LogP) is 1.14. The molecule has 1 aliphatic rings. The maximum absolute atomic E-state index is 11.2. The van der Waals surface area contributed by atoms with Crippen molar-refractivity contribution in [2.45, 2.75) is 25.3 Å². The van der Waals surface area contributed by atoms with Crippen molar-refractivity contribution >= 4 is 15.7 Å². The molecular formula is C8H16BO4P. The average Bonchev–Trinajstić information content (AvgIpc) is 2.11. The second-order valence-electron chi connectivity index (χ2n) is 3.75. The molecule has 0 aromatic rings. The van der Waals surface area contributed by atoms with Crippen LogP contribution in [0.25, 0.3) is 0 Å². The molecular weight excluding hydrogens is 202 g/mol. The summed E-state index contributed by atoms with van der Waals surface area (Å²) in [5.41, 5.74) is 0. The van der Waals surface area contributed by atoms with Crippen LogP contribution in [0.5, 0.6) is 0 Å². The molecule has 0 fully saturated rings. The summed E-state index contributed by atoms with van der Waals surface area (Å²) in [6.45, 7) is 1.96. The van der Waals surface area contributed by atoms with Crippen LogP contribution in [0, 0.1) is 5.92 Å². The topological polar surface area (TPSA) is 55.8 Å². The van der Waals surface area contributed by atoms with Gasteiger partial charge >= 0.3 is 7.82 Å². The largest absolute Gasteiger partial charge is 0.472 e. The first-order valence-corrected chi connectivity index (χ1v) is 6.19. The van der Waals surface area contributed by atoms with Gasteiger partial charge in [-0.2, -0.15) is 0 Å². The lowest BCUT2D eigenvalue weighted by atomic mass is 9.76. The van der Waals surface area contributed by atoms with Crippen molar-refractivity contribution in [3.8, 4) is 0 Å². The highest BCUT2D eigenvalue weighted by Crippen LogP contribution is 2.46. The molecule has 0 aliphatic heterocycles. The number of hydrogen-bond acceptors (Lipinski definition) is 3. The van der Waals surface area contributed by atoms with Crippen LogP contribution in [-0.2, 0) is 13.6 Å². The van der Waals surface area contributed by atoms with E-state index in [-0.39, 0.29) is 12.0 Å². The third-order valence-electron chi connectivity index (χ3n) is 2.43. The number of allylic oxidation sites excluding steroid dienone is 1. The lowest BCUT2D eigenvalue weighted by molar-refractivity contribution is 0.0887. The minimum atomic E-state index is -3.84. The van der Waals surface area contributed by atoms with Crippen LogP contribution in [0.15, 0.2) is 12.2 Å². The van der Waals surface area contributed by atoms with Gasteiger partial charge in [-0.05, 0) is 12.2 Å². The summed E-state index contributed by atoms with van der Waals surface area (Å²) in [6.07, 6.45) is 4.63. The second-order valence-corrected chi connectivity index (χ2v) is 5.27. The maximum Gasteiger partial charge on any atom is 0.472 e. The van der Waals surface area contributed by atoms with Crippen LogP contribution in [-0.4, -0.2) is 26.0 Å². The minimum Gasteiger partial charge on any atom is -0.302 e. The number of hydrogen-bond donors (Lipinski definition) is 1. The predicted molar refractivity (Wildman–Crippen MR) is 56.9 cm³/mol. The molecule has 0 saturated carbocycles. The zero-order chi connectivity index (χ0) is 10.8. The molecule has 14 heavy (non-hydrogen) atoms. The summed E-state index contributed by atoms with van der Waals surface area (Å²) in [5, 5.41) is 0. The van der Waals surface area contributed by atoms with Gasteiger partial charge in [0.1, 0.15) is 7.85 Å². The highest BCUT2D eigenvalue weighted by molar-refractivity contribution is 7.47. The molecule has 0 amide bonds. The summed E-state index contributed by atoms with van der Waals surface area (Å²) < 4.78 is 20.6. The molecule has 0 radical (unpaired) electrons. The van der Waals surface area contributed by atoms with Gasteiger partial charge in [-0.1, -0.05) is 19.1 Å². The van der Waals surface area contributed by atoms with E-state index in [1.54, 1.807) is 0 Å². The fraction of sp³-hybridized carbons (Fsp3) is 0.750. The van der Waals surface area contributed by atoms with Gasteiger partial charge in [0, 0.05) is 13.0 Å². The number of phosphoric acid groups is 1. The van der Waals surface area contributed by atoms with E-state index >= 15 is 0 Å². The van der Waals surface area contributed by atoms with Gasteiger partial charge in [-0.25, -0.2) is 4.57 Å². The second kappa shape index (κ2) is 4.62. The molecule has 1 aliphatic carbocycles. The monoisotopic (exact) mass is 218 g/mol. The summed E-state index contributed by atoms with van der Waals surface area (Å²) in [7, 11) is -0.616. The smallest absolute Gasteiger partial charge is 0.302 e. The lowest BCUT2D eigenvalue weighted by Crippen LogP contribution is -2.24. The van der Waals surface area contributed by atoms with E-state index in [0.717, 1.165) is 6.42 Å². The Kier molecular flexibility index (Phi) is 3.96. The Labute approximate surface area is 85.3 Å². The highest BCUT2D eigenvalue weighted by atomic mass is 31.2.